The zero-order valence-electron chi connectivity index (χ0n) is 14.9. The van der Waals surface area contributed by atoms with Gasteiger partial charge in [-0.05, 0) is 36.8 Å². The average Bonchev–Trinajstić information content (AvgIpc) is 2.67. The molecule has 3 rings (SSSR count). The minimum Gasteiger partial charge on any atom is -0.493 e. The van der Waals surface area contributed by atoms with E-state index in [9.17, 15) is 4.79 Å². The van der Waals surface area contributed by atoms with E-state index in [4.69, 9.17) is 21.1 Å². The molecule has 1 heterocycles. The van der Waals surface area contributed by atoms with Gasteiger partial charge >= 0.3 is 0 Å². The van der Waals surface area contributed by atoms with Gasteiger partial charge in [0, 0.05) is 10.9 Å². The van der Waals surface area contributed by atoms with Gasteiger partial charge in [0.25, 0.3) is 5.91 Å². The van der Waals surface area contributed by atoms with Crippen molar-refractivity contribution < 1.29 is 14.3 Å². The highest BCUT2D eigenvalue weighted by Crippen LogP contribution is 2.25. The van der Waals surface area contributed by atoms with Crippen LogP contribution in [0.25, 0.3) is 10.9 Å². The lowest BCUT2D eigenvalue weighted by Crippen LogP contribution is -2.24. The summed E-state index contributed by atoms with van der Waals surface area (Å²) in [6, 6.07) is 14.9. The van der Waals surface area contributed by atoms with Gasteiger partial charge in [0.1, 0.15) is 5.15 Å². The van der Waals surface area contributed by atoms with Gasteiger partial charge in [-0.2, -0.15) is 5.10 Å². The topological polar surface area (TPSA) is 72.8 Å². The highest BCUT2D eigenvalue weighted by molar-refractivity contribution is 6.32. The number of rotatable bonds is 6. The largest absolute Gasteiger partial charge is 0.493 e. The fourth-order valence-corrected chi connectivity index (χ4v) is 2.64. The standard InChI is InChI=1S/C20H18ClN3O3/c1-13-7-8-14-10-15(20(21)23-16(14)9-13)11-22-24-19(25)12-27-18-6-4-3-5-17(18)26-2/h3-11H,12H2,1-2H3,(H,24,25)/b22-11+. The minimum atomic E-state index is -0.405. The predicted molar refractivity (Wildman–Crippen MR) is 106 cm³/mol. The summed E-state index contributed by atoms with van der Waals surface area (Å²) in [7, 11) is 1.54. The number of hydrogen-bond donors (Lipinski definition) is 1. The van der Waals surface area contributed by atoms with Crippen LogP contribution >= 0.6 is 11.6 Å². The quantitative estimate of drug-likeness (QED) is 0.400. The van der Waals surface area contributed by atoms with Crippen molar-refractivity contribution >= 4 is 34.6 Å². The van der Waals surface area contributed by atoms with Gasteiger partial charge in [0.05, 0.1) is 18.8 Å². The molecule has 0 spiro atoms. The van der Waals surface area contributed by atoms with Crippen LogP contribution in [-0.4, -0.2) is 30.8 Å². The summed E-state index contributed by atoms with van der Waals surface area (Å²) in [5.74, 6) is 0.631. The number of hydrogen-bond acceptors (Lipinski definition) is 5. The molecule has 6 nitrogen and oxygen atoms in total. The molecular weight excluding hydrogens is 366 g/mol. The first kappa shape index (κ1) is 18.7. The Balaban J connectivity index is 1.61. The maximum Gasteiger partial charge on any atom is 0.277 e. The molecule has 0 aliphatic heterocycles. The van der Waals surface area contributed by atoms with E-state index in [1.54, 1.807) is 18.2 Å². The van der Waals surface area contributed by atoms with Crippen LogP contribution < -0.4 is 14.9 Å². The zero-order valence-corrected chi connectivity index (χ0v) is 15.7. The van der Waals surface area contributed by atoms with Crippen LogP contribution in [0, 0.1) is 6.92 Å². The molecule has 0 saturated carbocycles. The molecule has 0 radical (unpaired) electrons. The van der Waals surface area contributed by atoms with Crippen molar-refractivity contribution in [2.45, 2.75) is 6.92 Å². The first-order chi connectivity index (χ1) is 13.1. The Morgan fingerprint density at radius 1 is 1.22 bits per heavy atom. The molecule has 27 heavy (non-hydrogen) atoms. The van der Waals surface area contributed by atoms with Crippen molar-refractivity contribution in [1.29, 1.82) is 0 Å². The number of amides is 1. The molecule has 2 aromatic carbocycles. The average molecular weight is 384 g/mol. The number of carbonyl (C=O) groups excluding carboxylic acids is 1. The first-order valence-electron chi connectivity index (χ1n) is 8.21. The smallest absolute Gasteiger partial charge is 0.277 e. The second-order valence-electron chi connectivity index (χ2n) is 5.80. The molecule has 3 aromatic rings. The number of fused-ring (bicyclic) bond motifs is 1. The number of aryl methyl sites for hydroxylation is 1. The van der Waals surface area contributed by atoms with Crippen molar-refractivity contribution in [3.05, 3.63) is 64.8 Å². The van der Waals surface area contributed by atoms with Crippen molar-refractivity contribution in [2.75, 3.05) is 13.7 Å². The second-order valence-corrected chi connectivity index (χ2v) is 6.16. The molecule has 0 aliphatic rings. The van der Waals surface area contributed by atoms with Gasteiger partial charge in [0.2, 0.25) is 0 Å². The number of carbonyl (C=O) groups is 1. The Labute approximate surface area is 161 Å². The van der Waals surface area contributed by atoms with Crippen LogP contribution in [0.2, 0.25) is 5.15 Å². The number of nitrogens with one attached hydrogen (secondary N) is 1. The number of benzene rings is 2. The Morgan fingerprint density at radius 3 is 2.78 bits per heavy atom. The number of hydrazone groups is 1. The van der Waals surface area contributed by atoms with Gasteiger partial charge in [0.15, 0.2) is 18.1 Å². The van der Waals surface area contributed by atoms with E-state index < -0.39 is 5.91 Å². The van der Waals surface area contributed by atoms with Crippen LogP contribution in [-0.2, 0) is 4.79 Å². The van der Waals surface area contributed by atoms with E-state index in [1.807, 2.05) is 37.3 Å². The molecule has 1 amide bonds. The molecule has 0 atom stereocenters. The molecule has 0 saturated heterocycles. The summed E-state index contributed by atoms with van der Waals surface area (Å²) in [6.45, 7) is 1.80. The number of methoxy groups -OCH3 is 1. The number of para-hydroxylation sites is 2. The van der Waals surface area contributed by atoms with Crippen molar-refractivity contribution in [3.8, 4) is 11.5 Å². The number of ether oxygens (including phenoxy) is 2. The summed E-state index contributed by atoms with van der Waals surface area (Å²) in [5, 5.41) is 5.18. The molecule has 1 aromatic heterocycles. The SMILES string of the molecule is COc1ccccc1OCC(=O)N/N=C/c1cc2ccc(C)cc2nc1Cl. The molecule has 0 fully saturated rings. The molecule has 1 N–H and O–H groups in total. The third-order valence-electron chi connectivity index (χ3n) is 3.77. The van der Waals surface area contributed by atoms with E-state index in [-0.39, 0.29) is 6.61 Å². The Morgan fingerprint density at radius 2 is 2.00 bits per heavy atom. The van der Waals surface area contributed by atoms with E-state index in [0.29, 0.717) is 22.2 Å². The van der Waals surface area contributed by atoms with Gasteiger partial charge in [-0.25, -0.2) is 10.4 Å². The van der Waals surface area contributed by atoms with Crippen LogP contribution in [0.3, 0.4) is 0 Å². The highest BCUT2D eigenvalue weighted by Gasteiger charge is 2.07. The summed E-state index contributed by atoms with van der Waals surface area (Å²) in [5.41, 5.74) is 4.93. The second kappa shape index (κ2) is 8.51. The third kappa shape index (κ3) is 4.74. The van der Waals surface area contributed by atoms with Crippen molar-refractivity contribution in [1.82, 2.24) is 10.4 Å². The summed E-state index contributed by atoms with van der Waals surface area (Å²) in [6.07, 6.45) is 1.45. The van der Waals surface area contributed by atoms with E-state index >= 15 is 0 Å². The van der Waals surface area contributed by atoms with Crippen LogP contribution in [0.15, 0.2) is 53.6 Å². The fourth-order valence-electron chi connectivity index (χ4n) is 2.45. The van der Waals surface area contributed by atoms with Gasteiger partial charge in [-0.15, -0.1) is 0 Å². The molecule has 7 heteroatoms. The number of nitrogens with zero attached hydrogens (tertiary/aromatic N) is 2. The molecular formula is C20H18ClN3O3. The number of halogens is 1. The Kier molecular flexibility index (Phi) is 5.88. The van der Waals surface area contributed by atoms with E-state index in [0.717, 1.165) is 16.5 Å². The molecule has 0 aliphatic carbocycles. The van der Waals surface area contributed by atoms with Crippen molar-refractivity contribution in [3.63, 3.8) is 0 Å². The number of aromatic nitrogens is 1. The Bertz CT molecular complexity index is 1000. The van der Waals surface area contributed by atoms with Crippen LogP contribution in [0.4, 0.5) is 0 Å². The number of pyridine rings is 1. The van der Waals surface area contributed by atoms with Crippen LogP contribution in [0.1, 0.15) is 11.1 Å². The zero-order chi connectivity index (χ0) is 19.2. The van der Waals surface area contributed by atoms with E-state index in [2.05, 4.69) is 15.5 Å². The maximum atomic E-state index is 11.9. The molecule has 0 unspecified atom stereocenters. The molecule has 138 valence electrons. The minimum absolute atomic E-state index is 0.194. The summed E-state index contributed by atoms with van der Waals surface area (Å²) in [4.78, 5) is 16.3. The molecule has 0 bridgehead atoms. The van der Waals surface area contributed by atoms with E-state index in [1.165, 1.54) is 13.3 Å². The summed E-state index contributed by atoms with van der Waals surface area (Å²) < 4.78 is 10.6. The lowest BCUT2D eigenvalue weighted by molar-refractivity contribution is -0.123. The maximum absolute atomic E-state index is 11.9. The van der Waals surface area contributed by atoms with Gasteiger partial charge in [-0.3, -0.25) is 4.79 Å². The third-order valence-corrected chi connectivity index (χ3v) is 4.08. The lowest BCUT2D eigenvalue weighted by atomic mass is 10.1. The predicted octanol–water partition coefficient (Wildman–Crippen LogP) is 3.73. The normalized spacial score (nSPS) is 10.9. The van der Waals surface area contributed by atoms with Crippen LogP contribution in [0.5, 0.6) is 11.5 Å². The summed E-state index contributed by atoms with van der Waals surface area (Å²) >= 11 is 6.19. The Hall–Kier alpha value is -3.12. The van der Waals surface area contributed by atoms with Gasteiger partial charge < -0.3 is 9.47 Å². The fraction of sp³-hybridized carbons (Fsp3) is 0.150. The van der Waals surface area contributed by atoms with Gasteiger partial charge in [-0.1, -0.05) is 35.9 Å². The highest BCUT2D eigenvalue weighted by atomic mass is 35.5. The first-order valence-corrected chi connectivity index (χ1v) is 8.59. The lowest BCUT2D eigenvalue weighted by Gasteiger charge is -2.09. The van der Waals surface area contributed by atoms with Crippen molar-refractivity contribution in [2.24, 2.45) is 5.10 Å². The monoisotopic (exact) mass is 383 g/mol.